The van der Waals surface area contributed by atoms with Gasteiger partial charge in [-0.3, -0.25) is 9.59 Å². The first-order valence-electron chi connectivity index (χ1n) is 8.45. The van der Waals surface area contributed by atoms with Crippen LogP contribution in [-0.2, 0) is 19.4 Å². The van der Waals surface area contributed by atoms with E-state index in [0.717, 1.165) is 43.4 Å². The van der Waals surface area contributed by atoms with Crippen LogP contribution in [-0.4, -0.2) is 38.2 Å². The van der Waals surface area contributed by atoms with Crippen molar-refractivity contribution in [1.29, 1.82) is 0 Å². The van der Waals surface area contributed by atoms with Gasteiger partial charge in [0.15, 0.2) is 11.6 Å². The second-order valence-electron chi connectivity index (χ2n) is 6.54. The van der Waals surface area contributed by atoms with E-state index in [1.54, 1.807) is 17.9 Å². The lowest BCUT2D eigenvalue weighted by Gasteiger charge is -2.24. The molecule has 4 rings (SSSR count). The van der Waals surface area contributed by atoms with Crippen LogP contribution in [0.5, 0.6) is 0 Å². The summed E-state index contributed by atoms with van der Waals surface area (Å²) in [6.45, 7) is 2.83. The third-order valence-corrected chi connectivity index (χ3v) is 4.88. The van der Waals surface area contributed by atoms with Crippen LogP contribution in [0, 0.1) is 6.92 Å². The minimum Gasteiger partial charge on any atom is -0.448 e. The molecule has 1 aliphatic carbocycles. The lowest BCUT2D eigenvalue weighted by Crippen LogP contribution is -2.41. The zero-order valence-corrected chi connectivity index (χ0v) is 13.7. The first-order valence-corrected chi connectivity index (χ1v) is 8.45. The second kappa shape index (κ2) is 5.89. The van der Waals surface area contributed by atoms with E-state index in [9.17, 15) is 9.59 Å². The number of nitrogens with zero attached hydrogens (tertiary/aromatic N) is 4. The lowest BCUT2D eigenvalue weighted by molar-refractivity contribution is 0.0714. The summed E-state index contributed by atoms with van der Waals surface area (Å²) in [6.07, 6.45) is 6.12. The molecule has 2 aliphatic rings. The molecule has 1 saturated heterocycles. The zero-order chi connectivity index (χ0) is 16.7. The maximum atomic E-state index is 12.6. The fraction of sp³-hybridized carbons (Fsp3) is 0.529. The molecule has 1 aliphatic heterocycles. The summed E-state index contributed by atoms with van der Waals surface area (Å²) in [5.41, 5.74) is 2.35. The van der Waals surface area contributed by atoms with Gasteiger partial charge in [-0.05, 0) is 37.7 Å². The Labute approximate surface area is 139 Å². The molecule has 0 N–H and O–H groups in total. The number of hydrogen-bond acceptors (Lipinski definition) is 5. The number of hydrogen-bond donors (Lipinski definition) is 0. The summed E-state index contributed by atoms with van der Waals surface area (Å²) in [7, 11) is 0. The second-order valence-corrected chi connectivity index (χ2v) is 6.54. The van der Waals surface area contributed by atoms with Crippen molar-refractivity contribution in [2.45, 2.75) is 51.6 Å². The van der Waals surface area contributed by atoms with Crippen LogP contribution >= 0.6 is 0 Å². The van der Waals surface area contributed by atoms with E-state index in [0.29, 0.717) is 24.7 Å². The first kappa shape index (κ1) is 15.1. The van der Waals surface area contributed by atoms with Gasteiger partial charge in [0.05, 0.1) is 18.3 Å². The molecule has 7 heteroatoms. The normalized spacial score (nSPS) is 19.7. The van der Waals surface area contributed by atoms with Crippen LogP contribution in [0.1, 0.15) is 46.9 Å². The molecule has 1 fully saturated rings. The number of carbonyl (C=O) groups is 1. The number of amides is 1. The van der Waals surface area contributed by atoms with Crippen LogP contribution in [0.25, 0.3) is 0 Å². The number of aryl methyl sites for hydroxylation is 3. The number of fused-ring (bicyclic) bond motifs is 1. The molecule has 2 aromatic heterocycles. The molecule has 3 heterocycles. The molecule has 0 saturated carbocycles. The maximum absolute atomic E-state index is 12.6. The lowest BCUT2D eigenvalue weighted by atomic mass is 10.2. The van der Waals surface area contributed by atoms with Crippen LogP contribution < -0.4 is 5.56 Å². The van der Waals surface area contributed by atoms with Gasteiger partial charge in [0.25, 0.3) is 11.5 Å². The topological polar surface area (TPSA) is 81.2 Å². The van der Waals surface area contributed by atoms with Crippen molar-refractivity contribution in [3.63, 3.8) is 0 Å². The zero-order valence-electron chi connectivity index (χ0n) is 13.7. The van der Waals surface area contributed by atoms with Crippen molar-refractivity contribution in [1.82, 2.24) is 19.7 Å². The number of aromatic nitrogens is 3. The molecule has 7 nitrogen and oxygen atoms in total. The molecule has 2 aromatic rings. The molecule has 0 spiro atoms. The first-order chi connectivity index (χ1) is 11.6. The predicted molar refractivity (Wildman–Crippen MR) is 85.8 cm³/mol. The van der Waals surface area contributed by atoms with Gasteiger partial charge in [0.1, 0.15) is 6.26 Å². The van der Waals surface area contributed by atoms with Crippen LogP contribution in [0.2, 0.25) is 0 Å². The highest BCUT2D eigenvalue weighted by atomic mass is 16.3. The number of likely N-dealkylation sites (tertiary alicyclic amines) is 1. The Balaban J connectivity index is 1.56. The summed E-state index contributed by atoms with van der Waals surface area (Å²) in [4.78, 5) is 30.8. The van der Waals surface area contributed by atoms with Gasteiger partial charge in [-0.1, -0.05) is 0 Å². The molecule has 0 aromatic carbocycles. The molecule has 126 valence electrons. The van der Waals surface area contributed by atoms with Gasteiger partial charge in [-0.25, -0.2) is 9.67 Å². The summed E-state index contributed by atoms with van der Waals surface area (Å²) in [5, 5.41) is 4.52. The van der Waals surface area contributed by atoms with Crippen LogP contribution in [0.3, 0.4) is 0 Å². The van der Waals surface area contributed by atoms with Gasteiger partial charge in [0.2, 0.25) is 0 Å². The van der Waals surface area contributed by atoms with E-state index >= 15 is 0 Å². The van der Waals surface area contributed by atoms with E-state index < -0.39 is 0 Å². The van der Waals surface area contributed by atoms with Crippen molar-refractivity contribution in [3.05, 3.63) is 45.5 Å². The summed E-state index contributed by atoms with van der Waals surface area (Å²) >= 11 is 0. The Morgan fingerprint density at radius 2 is 2.25 bits per heavy atom. The molecule has 0 radical (unpaired) electrons. The minimum atomic E-state index is -0.136. The highest BCUT2D eigenvalue weighted by molar-refractivity contribution is 5.92. The van der Waals surface area contributed by atoms with E-state index in [1.165, 1.54) is 10.9 Å². The molecule has 24 heavy (non-hydrogen) atoms. The fourth-order valence-corrected chi connectivity index (χ4v) is 3.67. The van der Waals surface area contributed by atoms with Crippen LogP contribution in [0.15, 0.2) is 21.5 Å². The fourth-order valence-electron chi connectivity index (χ4n) is 3.67. The third kappa shape index (κ3) is 2.64. The third-order valence-electron chi connectivity index (χ3n) is 4.88. The highest BCUT2D eigenvalue weighted by Gasteiger charge is 2.31. The standard InChI is InChI=1S/C17H20N4O3/c1-11-18-15(10-24-11)17(23)20-7-3-5-13(20)9-21-16(22)8-12-4-2-6-14(12)19-21/h8,10,13H,2-7,9H2,1H3. The molecule has 0 bridgehead atoms. The Morgan fingerprint density at radius 1 is 1.38 bits per heavy atom. The largest absolute Gasteiger partial charge is 0.448 e. The Morgan fingerprint density at radius 3 is 3.04 bits per heavy atom. The molecule has 1 unspecified atom stereocenters. The SMILES string of the molecule is Cc1nc(C(=O)N2CCCC2Cn2nc3c(cc2=O)CCC3)co1. The van der Waals surface area contributed by atoms with Gasteiger partial charge >= 0.3 is 0 Å². The Bertz CT molecular complexity index is 839. The monoisotopic (exact) mass is 328 g/mol. The number of carbonyl (C=O) groups excluding carboxylic acids is 1. The van der Waals surface area contributed by atoms with Crippen molar-refractivity contribution in [2.24, 2.45) is 0 Å². The minimum absolute atomic E-state index is 0.0286. The molecule has 1 atom stereocenters. The Hall–Kier alpha value is -2.44. The van der Waals surface area contributed by atoms with E-state index in [1.807, 2.05) is 0 Å². The van der Waals surface area contributed by atoms with Crippen molar-refractivity contribution >= 4 is 5.91 Å². The predicted octanol–water partition coefficient (Wildman–Crippen LogP) is 1.33. The highest BCUT2D eigenvalue weighted by Crippen LogP contribution is 2.22. The number of rotatable bonds is 3. The van der Waals surface area contributed by atoms with Crippen molar-refractivity contribution in [2.75, 3.05) is 6.54 Å². The number of oxazole rings is 1. The quantitative estimate of drug-likeness (QED) is 0.849. The molecular formula is C17H20N4O3. The van der Waals surface area contributed by atoms with Gasteiger partial charge in [0, 0.05) is 19.5 Å². The maximum Gasteiger partial charge on any atom is 0.276 e. The van der Waals surface area contributed by atoms with E-state index in [4.69, 9.17) is 4.42 Å². The van der Waals surface area contributed by atoms with Crippen LogP contribution in [0.4, 0.5) is 0 Å². The van der Waals surface area contributed by atoms with E-state index in [-0.39, 0.29) is 17.5 Å². The average Bonchev–Trinajstić information content (AvgIpc) is 3.28. The van der Waals surface area contributed by atoms with Gasteiger partial charge < -0.3 is 9.32 Å². The van der Waals surface area contributed by atoms with Gasteiger partial charge in [-0.15, -0.1) is 0 Å². The summed E-state index contributed by atoms with van der Waals surface area (Å²) in [5.74, 6) is 0.342. The summed E-state index contributed by atoms with van der Waals surface area (Å²) in [6, 6.07) is 1.68. The van der Waals surface area contributed by atoms with Crippen molar-refractivity contribution < 1.29 is 9.21 Å². The Kier molecular flexibility index (Phi) is 3.70. The van der Waals surface area contributed by atoms with E-state index in [2.05, 4.69) is 10.1 Å². The van der Waals surface area contributed by atoms with Crippen molar-refractivity contribution in [3.8, 4) is 0 Å². The molecule has 1 amide bonds. The summed E-state index contributed by atoms with van der Waals surface area (Å²) < 4.78 is 6.66. The average molecular weight is 328 g/mol. The van der Waals surface area contributed by atoms with Gasteiger partial charge in [-0.2, -0.15) is 5.10 Å². The smallest absolute Gasteiger partial charge is 0.276 e. The molecular weight excluding hydrogens is 308 g/mol.